The summed E-state index contributed by atoms with van der Waals surface area (Å²) in [5.41, 5.74) is 1.45. The average Bonchev–Trinajstić information content (AvgIpc) is 3.36. The Labute approximate surface area is 155 Å². The number of ether oxygens (including phenoxy) is 1. The van der Waals surface area contributed by atoms with Crippen LogP contribution >= 0.6 is 11.3 Å². The van der Waals surface area contributed by atoms with Gasteiger partial charge in [-0.15, -0.1) is 21.5 Å². The van der Waals surface area contributed by atoms with Crippen molar-refractivity contribution in [1.29, 1.82) is 0 Å². The molecule has 0 saturated carbocycles. The lowest BCUT2D eigenvalue weighted by Gasteiger charge is -2.08. The van der Waals surface area contributed by atoms with Gasteiger partial charge in [-0.25, -0.2) is 4.98 Å². The summed E-state index contributed by atoms with van der Waals surface area (Å²) in [7, 11) is 0. The molecule has 7 nitrogen and oxygen atoms in total. The molecule has 1 aliphatic heterocycles. The van der Waals surface area contributed by atoms with Gasteiger partial charge in [-0.1, -0.05) is 6.07 Å². The Morgan fingerprint density at radius 3 is 3.15 bits per heavy atom. The molecule has 0 spiro atoms. The summed E-state index contributed by atoms with van der Waals surface area (Å²) in [5.74, 6) is 2.29. The van der Waals surface area contributed by atoms with Crippen molar-refractivity contribution in [2.24, 2.45) is 0 Å². The van der Waals surface area contributed by atoms with Crippen LogP contribution in [0.25, 0.3) is 0 Å². The number of hydrogen-bond acceptors (Lipinski definition) is 6. The smallest absolute Gasteiger partial charge is 0.251 e. The van der Waals surface area contributed by atoms with Gasteiger partial charge in [-0.05, 0) is 31.5 Å². The van der Waals surface area contributed by atoms with E-state index in [2.05, 4.69) is 25.1 Å². The standard InChI is InChI=1S/C18H19N5O2S/c1-12-20-14(11-26-12)10-25-15-5-2-4-13(8-15)18(24)19-9-17-22-21-16-6-3-7-23(16)17/h2,4-5,8,11H,3,6-7,9-10H2,1H3,(H,19,24). The number of amides is 1. The third-order valence-electron chi connectivity index (χ3n) is 4.24. The van der Waals surface area contributed by atoms with Crippen molar-refractivity contribution in [1.82, 2.24) is 25.1 Å². The Hall–Kier alpha value is -2.74. The third-order valence-corrected chi connectivity index (χ3v) is 5.07. The Morgan fingerprint density at radius 1 is 1.38 bits per heavy atom. The predicted molar refractivity (Wildman–Crippen MR) is 97.1 cm³/mol. The topological polar surface area (TPSA) is 81.9 Å². The van der Waals surface area contributed by atoms with Gasteiger partial charge >= 0.3 is 0 Å². The number of hydrogen-bond donors (Lipinski definition) is 1. The fourth-order valence-electron chi connectivity index (χ4n) is 2.96. The summed E-state index contributed by atoms with van der Waals surface area (Å²) in [6.45, 7) is 3.65. The van der Waals surface area contributed by atoms with Crippen LogP contribution in [0.3, 0.4) is 0 Å². The number of fused-ring (bicyclic) bond motifs is 1. The highest BCUT2D eigenvalue weighted by atomic mass is 32.1. The molecular formula is C18H19N5O2S. The van der Waals surface area contributed by atoms with E-state index in [4.69, 9.17) is 4.74 Å². The zero-order valence-corrected chi connectivity index (χ0v) is 15.3. The second-order valence-corrected chi connectivity index (χ2v) is 7.21. The molecular weight excluding hydrogens is 350 g/mol. The average molecular weight is 369 g/mol. The molecule has 1 aliphatic rings. The highest BCUT2D eigenvalue weighted by Gasteiger charge is 2.17. The summed E-state index contributed by atoms with van der Waals surface area (Å²) in [6, 6.07) is 7.15. The molecule has 134 valence electrons. The van der Waals surface area contributed by atoms with Crippen LogP contribution in [0.2, 0.25) is 0 Å². The van der Waals surface area contributed by atoms with E-state index < -0.39 is 0 Å². The predicted octanol–water partition coefficient (Wildman–Crippen LogP) is 2.50. The zero-order chi connectivity index (χ0) is 17.9. The molecule has 0 saturated heterocycles. The van der Waals surface area contributed by atoms with Gasteiger partial charge in [-0.2, -0.15) is 0 Å². The third kappa shape index (κ3) is 3.60. The molecule has 0 unspecified atom stereocenters. The maximum atomic E-state index is 12.4. The monoisotopic (exact) mass is 369 g/mol. The number of nitrogens with zero attached hydrogens (tertiary/aromatic N) is 4. The number of thiazole rings is 1. The van der Waals surface area contributed by atoms with E-state index in [0.29, 0.717) is 24.5 Å². The van der Waals surface area contributed by atoms with Crippen LogP contribution in [0.4, 0.5) is 0 Å². The van der Waals surface area contributed by atoms with Crippen molar-refractivity contribution in [2.45, 2.75) is 39.5 Å². The van der Waals surface area contributed by atoms with E-state index >= 15 is 0 Å². The van der Waals surface area contributed by atoms with Crippen LogP contribution in [0.1, 0.15) is 39.1 Å². The number of aromatic nitrogens is 4. The number of aryl methyl sites for hydroxylation is 2. The van der Waals surface area contributed by atoms with Crippen LogP contribution in [0.5, 0.6) is 5.75 Å². The quantitative estimate of drug-likeness (QED) is 0.722. The van der Waals surface area contributed by atoms with E-state index in [1.165, 1.54) is 0 Å². The van der Waals surface area contributed by atoms with Crippen molar-refractivity contribution in [2.75, 3.05) is 0 Å². The van der Waals surface area contributed by atoms with Crippen molar-refractivity contribution in [3.05, 3.63) is 57.6 Å². The molecule has 4 rings (SSSR count). The fourth-order valence-corrected chi connectivity index (χ4v) is 3.56. The summed E-state index contributed by atoms with van der Waals surface area (Å²) >= 11 is 1.59. The lowest BCUT2D eigenvalue weighted by Crippen LogP contribution is -2.24. The number of carbonyl (C=O) groups excluding carboxylic acids is 1. The van der Waals surface area contributed by atoms with Gasteiger partial charge in [0, 0.05) is 23.9 Å². The van der Waals surface area contributed by atoms with Crippen molar-refractivity contribution in [3.8, 4) is 5.75 Å². The van der Waals surface area contributed by atoms with Gasteiger partial charge in [0.2, 0.25) is 0 Å². The highest BCUT2D eigenvalue weighted by Crippen LogP contribution is 2.17. The minimum atomic E-state index is -0.157. The summed E-state index contributed by atoms with van der Waals surface area (Å²) in [4.78, 5) is 16.8. The van der Waals surface area contributed by atoms with Gasteiger partial charge in [0.25, 0.3) is 5.91 Å². The number of carbonyl (C=O) groups is 1. The number of nitrogens with one attached hydrogen (secondary N) is 1. The minimum Gasteiger partial charge on any atom is -0.487 e. The second-order valence-electron chi connectivity index (χ2n) is 6.14. The molecule has 26 heavy (non-hydrogen) atoms. The van der Waals surface area contributed by atoms with Crippen molar-refractivity contribution >= 4 is 17.2 Å². The number of benzene rings is 1. The van der Waals surface area contributed by atoms with Crippen LogP contribution in [-0.2, 0) is 26.1 Å². The van der Waals surface area contributed by atoms with Crippen LogP contribution in [-0.4, -0.2) is 25.7 Å². The first kappa shape index (κ1) is 16.7. The maximum Gasteiger partial charge on any atom is 0.251 e. The van der Waals surface area contributed by atoms with E-state index in [0.717, 1.165) is 41.7 Å². The van der Waals surface area contributed by atoms with Gasteiger partial charge in [0.1, 0.15) is 18.2 Å². The Balaban J connectivity index is 1.36. The number of rotatable bonds is 6. The Kier molecular flexibility index (Phi) is 4.66. The summed E-state index contributed by atoms with van der Waals surface area (Å²) in [6.07, 6.45) is 2.04. The molecule has 3 aromatic rings. The lowest BCUT2D eigenvalue weighted by atomic mass is 10.2. The van der Waals surface area contributed by atoms with E-state index in [-0.39, 0.29) is 5.91 Å². The minimum absolute atomic E-state index is 0.157. The molecule has 0 atom stereocenters. The zero-order valence-electron chi connectivity index (χ0n) is 14.4. The molecule has 2 aromatic heterocycles. The van der Waals surface area contributed by atoms with Crippen LogP contribution in [0, 0.1) is 6.92 Å². The van der Waals surface area contributed by atoms with Crippen molar-refractivity contribution in [3.63, 3.8) is 0 Å². The van der Waals surface area contributed by atoms with Crippen LogP contribution in [0.15, 0.2) is 29.6 Å². The molecule has 0 fully saturated rings. The van der Waals surface area contributed by atoms with E-state index in [9.17, 15) is 4.79 Å². The first-order valence-corrected chi connectivity index (χ1v) is 9.40. The molecule has 1 aromatic carbocycles. The Morgan fingerprint density at radius 2 is 2.31 bits per heavy atom. The molecule has 0 radical (unpaired) electrons. The van der Waals surface area contributed by atoms with Gasteiger partial charge < -0.3 is 14.6 Å². The molecule has 3 heterocycles. The van der Waals surface area contributed by atoms with Gasteiger partial charge in [0.15, 0.2) is 5.82 Å². The Bertz CT molecular complexity index is 933. The van der Waals surface area contributed by atoms with E-state index in [1.54, 1.807) is 23.5 Å². The largest absolute Gasteiger partial charge is 0.487 e. The van der Waals surface area contributed by atoms with Gasteiger partial charge in [-0.3, -0.25) is 4.79 Å². The van der Waals surface area contributed by atoms with Crippen molar-refractivity contribution < 1.29 is 9.53 Å². The van der Waals surface area contributed by atoms with Crippen LogP contribution < -0.4 is 10.1 Å². The first-order valence-electron chi connectivity index (χ1n) is 8.52. The van der Waals surface area contributed by atoms with E-state index in [1.807, 2.05) is 24.4 Å². The summed E-state index contributed by atoms with van der Waals surface area (Å²) in [5, 5.41) is 14.2. The normalized spacial score (nSPS) is 12.8. The molecule has 0 aliphatic carbocycles. The lowest BCUT2D eigenvalue weighted by molar-refractivity contribution is 0.0949. The summed E-state index contributed by atoms with van der Waals surface area (Å²) < 4.78 is 7.82. The molecule has 1 N–H and O–H groups in total. The highest BCUT2D eigenvalue weighted by molar-refractivity contribution is 7.09. The van der Waals surface area contributed by atoms with Gasteiger partial charge in [0.05, 0.1) is 17.2 Å². The fraction of sp³-hybridized carbons (Fsp3) is 0.333. The maximum absolute atomic E-state index is 12.4. The molecule has 8 heteroatoms. The SMILES string of the molecule is Cc1nc(COc2cccc(C(=O)NCc3nnc4n3CCC4)c2)cs1. The first-order chi connectivity index (χ1) is 12.7. The molecule has 0 bridgehead atoms. The molecule has 1 amide bonds. The second kappa shape index (κ2) is 7.25.